The molecule has 0 fully saturated rings. The minimum Gasteiger partial charge on any atom is -0.493 e. The lowest BCUT2D eigenvalue weighted by molar-refractivity contribution is 0.179. The van der Waals surface area contributed by atoms with E-state index >= 15 is 0 Å². The molecule has 0 aliphatic rings. The molecule has 0 aromatic heterocycles. The lowest BCUT2D eigenvalue weighted by Gasteiger charge is -2.30. The normalized spacial score (nSPS) is 12.2. The van der Waals surface area contributed by atoms with Gasteiger partial charge in [0.05, 0.1) is 14.2 Å². The number of methoxy groups -OCH3 is 2. The Hall–Kier alpha value is -0.830. The smallest absolute Gasteiger partial charge is 0.241 e. The van der Waals surface area contributed by atoms with Gasteiger partial charge in [-0.2, -0.15) is 0 Å². The topological polar surface area (TPSA) is 67.9 Å². The van der Waals surface area contributed by atoms with Crippen LogP contribution in [0.3, 0.4) is 0 Å². The summed E-state index contributed by atoms with van der Waals surface area (Å²) in [6.45, 7) is 9.36. The summed E-state index contributed by atoms with van der Waals surface area (Å²) in [4.78, 5) is 2.35. The average Bonchev–Trinajstić information content (AvgIpc) is 2.50. The van der Waals surface area contributed by atoms with E-state index < -0.39 is 10.0 Å². The molecule has 0 saturated heterocycles. The molecule has 24 heavy (non-hydrogen) atoms. The Kier molecular flexibility index (Phi) is 7.98. The van der Waals surface area contributed by atoms with Gasteiger partial charge in [-0.3, -0.25) is 4.90 Å². The van der Waals surface area contributed by atoms with E-state index in [1.807, 2.05) is 0 Å². The number of hydrogen-bond donors (Lipinski definition) is 1. The molecule has 1 rings (SSSR count). The van der Waals surface area contributed by atoms with Gasteiger partial charge in [0.2, 0.25) is 10.0 Å². The second-order valence-electron chi connectivity index (χ2n) is 5.96. The maximum absolute atomic E-state index is 12.6. The van der Waals surface area contributed by atoms with Crippen molar-refractivity contribution >= 4 is 26.0 Å². The van der Waals surface area contributed by atoms with E-state index in [-0.39, 0.29) is 4.90 Å². The van der Waals surface area contributed by atoms with E-state index in [0.717, 1.165) is 0 Å². The number of ether oxygens (including phenoxy) is 2. The molecule has 8 heteroatoms. The number of nitrogens with one attached hydrogen (secondary N) is 1. The summed E-state index contributed by atoms with van der Waals surface area (Å²) in [6.07, 6.45) is 0. The second-order valence-corrected chi connectivity index (χ2v) is 8.55. The van der Waals surface area contributed by atoms with Crippen molar-refractivity contribution in [3.8, 4) is 11.5 Å². The SMILES string of the molecule is COc1cc(Br)c(S(=O)(=O)NCCN(C(C)C)C(C)C)cc1OC. The van der Waals surface area contributed by atoms with Gasteiger partial charge in [-0.1, -0.05) is 0 Å². The van der Waals surface area contributed by atoms with Crippen molar-refractivity contribution in [2.75, 3.05) is 27.3 Å². The number of hydrogen-bond acceptors (Lipinski definition) is 5. The van der Waals surface area contributed by atoms with Crippen LogP contribution in [0, 0.1) is 0 Å². The highest BCUT2D eigenvalue weighted by atomic mass is 79.9. The van der Waals surface area contributed by atoms with E-state index in [4.69, 9.17) is 9.47 Å². The molecule has 0 aliphatic carbocycles. The van der Waals surface area contributed by atoms with Crippen molar-refractivity contribution in [3.05, 3.63) is 16.6 Å². The molecule has 0 bridgehead atoms. The molecule has 0 atom stereocenters. The quantitative estimate of drug-likeness (QED) is 0.662. The van der Waals surface area contributed by atoms with Crippen molar-refractivity contribution in [2.24, 2.45) is 0 Å². The zero-order valence-corrected chi connectivity index (χ0v) is 17.5. The summed E-state index contributed by atoms with van der Waals surface area (Å²) in [5, 5.41) is 0. The predicted molar refractivity (Wildman–Crippen MR) is 99.4 cm³/mol. The van der Waals surface area contributed by atoms with Crippen LogP contribution in [0.15, 0.2) is 21.5 Å². The molecule has 0 amide bonds. The number of sulfonamides is 1. The first kappa shape index (κ1) is 21.2. The van der Waals surface area contributed by atoms with E-state index in [1.165, 1.54) is 20.3 Å². The fourth-order valence-corrected chi connectivity index (χ4v) is 4.60. The molecule has 1 aromatic carbocycles. The van der Waals surface area contributed by atoms with Crippen LogP contribution in [0.25, 0.3) is 0 Å². The average molecular weight is 423 g/mol. The molecule has 6 nitrogen and oxygen atoms in total. The van der Waals surface area contributed by atoms with Crippen molar-refractivity contribution in [2.45, 2.75) is 44.7 Å². The molecule has 0 spiro atoms. The van der Waals surface area contributed by atoms with Gasteiger partial charge in [0.15, 0.2) is 11.5 Å². The maximum atomic E-state index is 12.6. The lowest BCUT2D eigenvalue weighted by Crippen LogP contribution is -2.42. The maximum Gasteiger partial charge on any atom is 0.241 e. The first-order chi connectivity index (χ1) is 11.1. The number of benzene rings is 1. The van der Waals surface area contributed by atoms with Crippen molar-refractivity contribution in [3.63, 3.8) is 0 Å². The van der Waals surface area contributed by atoms with E-state index in [2.05, 4.69) is 53.2 Å². The van der Waals surface area contributed by atoms with Crippen molar-refractivity contribution < 1.29 is 17.9 Å². The Morgan fingerprint density at radius 1 is 1.08 bits per heavy atom. The van der Waals surface area contributed by atoms with Gasteiger partial charge in [-0.15, -0.1) is 0 Å². The van der Waals surface area contributed by atoms with Crippen molar-refractivity contribution in [1.82, 2.24) is 9.62 Å². The van der Waals surface area contributed by atoms with Crippen molar-refractivity contribution in [1.29, 1.82) is 0 Å². The predicted octanol–water partition coefficient (Wildman–Crippen LogP) is 2.86. The van der Waals surface area contributed by atoms with Gasteiger partial charge in [-0.25, -0.2) is 13.1 Å². The minimum atomic E-state index is -3.65. The Bertz CT molecular complexity index is 640. The molecular formula is C16H27BrN2O4S. The number of nitrogens with zero attached hydrogens (tertiary/aromatic N) is 1. The summed E-state index contributed by atoms with van der Waals surface area (Å²) >= 11 is 3.29. The Morgan fingerprint density at radius 3 is 2.04 bits per heavy atom. The lowest BCUT2D eigenvalue weighted by atomic mass is 10.2. The second kappa shape index (κ2) is 9.03. The largest absolute Gasteiger partial charge is 0.493 e. The molecule has 1 N–H and O–H groups in total. The summed E-state index contributed by atoms with van der Waals surface area (Å²) in [7, 11) is -0.681. The molecule has 138 valence electrons. The summed E-state index contributed by atoms with van der Waals surface area (Å²) < 4.78 is 38.6. The van der Waals surface area contributed by atoms with Crippen LogP contribution >= 0.6 is 15.9 Å². The summed E-state index contributed by atoms with van der Waals surface area (Å²) in [5.41, 5.74) is 0. The highest BCUT2D eigenvalue weighted by molar-refractivity contribution is 9.10. The van der Waals surface area contributed by atoms with E-state index in [0.29, 0.717) is 41.1 Å². The van der Waals surface area contributed by atoms with E-state index in [1.54, 1.807) is 6.07 Å². The minimum absolute atomic E-state index is 0.126. The highest BCUT2D eigenvalue weighted by Crippen LogP contribution is 2.35. The molecule has 0 heterocycles. The fraction of sp³-hybridized carbons (Fsp3) is 0.625. The van der Waals surface area contributed by atoms with Gasteiger partial charge in [0, 0.05) is 35.7 Å². The Labute approximate surface area is 153 Å². The first-order valence-electron chi connectivity index (χ1n) is 7.81. The molecule has 0 aliphatic heterocycles. The third-order valence-corrected chi connectivity index (χ3v) is 6.14. The summed E-state index contributed by atoms with van der Waals surface area (Å²) in [6, 6.07) is 3.74. The Balaban J connectivity index is 2.93. The van der Waals surface area contributed by atoms with Crippen LogP contribution in [0.1, 0.15) is 27.7 Å². The van der Waals surface area contributed by atoms with Crippen LogP contribution in [-0.2, 0) is 10.0 Å². The zero-order chi connectivity index (χ0) is 18.5. The van der Waals surface area contributed by atoms with Crippen LogP contribution in [-0.4, -0.2) is 52.7 Å². The van der Waals surface area contributed by atoms with Gasteiger partial charge < -0.3 is 9.47 Å². The highest BCUT2D eigenvalue weighted by Gasteiger charge is 2.22. The van der Waals surface area contributed by atoms with Crippen LogP contribution < -0.4 is 14.2 Å². The Morgan fingerprint density at radius 2 is 1.58 bits per heavy atom. The zero-order valence-electron chi connectivity index (χ0n) is 15.1. The fourth-order valence-electron chi connectivity index (χ4n) is 2.54. The van der Waals surface area contributed by atoms with Crippen LogP contribution in [0.4, 0.5) is 0 Å². The standard InChI is InChI=1S/C16H27BrN2O4S/c1-11(2)19(12(3)4)8-7-18-24(20,21)16-10-15(23-6)14(22-5)9-13(16)17/h9-12,18H,7-8H2,1-6H3. The molecular weight excluding hydrogens is 396 g/mol. The van der Waals surface area contributed by atoms with E-state index in [9.17, 15) is 8.42 Å². The summed E-state index contributed by atoms with van der Waals surface area (Å²) in [5.74, 6) is 0.834. The third-order valence-electron chi connectivity index (χ3n) is 3.72. The third kappa shape index (κ3) is 5.34. The monoisotopic (exact) mass is 422 g/mol. The van der Waals surface area contributed by atoms with Crippen LogP contribution in [0.5, 0.6) is 11.5 Å². The molecule has 0 unspecified atom stereocenters. The van der Waals surface area contributed by atoms with Gasteiger partial charge >= 0.3 is 0 Å². The number of halogens is 1. The molecule has 1 aromatic rings. The molecule has 0 saturated carbocycles. The van der Waals surface area contributed by atoms with Gasteiger partial charge in [0.1, 0.15) is 4.90 Å². The van der Waals surface area contributed by atoms with Crippen LogP contribution in [0.2, 0.25) is 0 Å². The van der Waals surface area contributed by atoms with Gasteiger partial charge in [0.25, 0.3) is 0 Å². The number of rotatable bonds is 9. The first-order valence-corrected chi connectivity index (χ1v) is 10.1. The van der Waals surface area contributed by atoms with Gasteiger partial charge in [-0.05, 0) is 49.7 Å². The molecule has 0 radical (unpaired) electrons.